The van der Waals surface area contributed by atoms with Crippen LogP contribution >= 0.6 is 0 Å². The van der Waals surface area contributed by atoms with Crippen LogP contribution in [0.1, 0.15) is 18.6 Å². The minimum absolute atomic E-state index is 0.0467. The van der Waals surface area contributed by atoms with Crippen molar-refractivity contribution in [3.63, 3.8) is 0 Å². The number of nitrogens with zero attached hydrogens (tertiary/aromatic N) is 2. The second-order valence-electron chi connectivity index (χ2n) is 6.34. The normalized spacial score (nSPS) is 22.1. The van der Waals surface area contributed by atoms with Gasteiger partial charge in [-0.05, 0) is 37.9 Å². The summed E-state index contributed by atoms with van der Waals surface area (Å²) in [4.78, 5) is 16.4. The molecule has 1 atom stereocenters. The van der Waals surface area contributed by atoms with Gasteiger partial charge in [-0.15, -0.1) is 0 Å². The van der Waals surface area contributed by atoms with Crippen LogP contribution in [0, 0.1) is 5.92 Å². The molecule has 2 amide bonds. The summed E-state index contributed by atoms with van der Waals surface area (Å²) in [5.41, 5.74) is 0. The maximum atomic E-state index is 12.2. The highest BCUT2D eigenvalue weighted by molar-refractivity contribution is 5.74. The van der Waals surface area contributed by atoms with E-state index in [2.05, 4.69) is 17.3 Å². The van der Waals surface area contributed by atoms with Crippen molar-refractivity contribution in [1.82, 2.24) is 15.1 Å². The van der Waals surface area contributed by atoms with Crippen LogP contribution in [0.3, 0.4) is 0 Å². The molecule has 1 saturated carbocycles. The number of carbonyl (C=O) groups excluding carboxylic acids is 1. The summed E-state index contributed by atoms with van der Waals surface area (Å²) in [6, 6.07) is 3.63. The molecular weight excluding hydrogens is 282 g/mol. The van der Waals surface area contributed by atoms with Gasteiger partial charge in [0.15, 0.2) is 0 Å². The van der Waals surface area contributed by atoms with E-state index in [9.17, 15) is 4.79 Å². The van der Waals surface area contributed by atoms with Crippen LogP contribution in [-0.2, 0) is 11.3 Å². The van der Waals surface area contributed by atoms with E-state index in [1.165, 1.54) is 12.8 Å². The Morgan fingerprint density at radius 1 is 1.45 bits per heavy atom. The fourth-order valence-corrected chi connectivity index (χ4v) is 2.87. The standard InChI is InChI=1S/C16H25N3O3/c1-18(10-13-4-5-13)11-15-12-19(6-8-22-15)16(20)17-9-14-3-2-7-21-14/h2-3,7,13,15H,4-6,8-12H2,1H3,(H,17,20). The zero-order valence-corrected chi connectivity index (χ0v) is 13.2. The Balaban J connectivity index is 1.41. The number of carbonyl (C=O) groups is 1. The first kappa shape index (κ1) is 15.4. The van der Waals surface area contributed by atoms with E-state index in [-0.39, 0.29) is 12.1 Å². The molecule has 0 aromatic carbocycles. The van der Waals surface area contributed by atoms with Crippen molar-refractivity contribution in [3.8, 4) is 0 Å². The van der Waals surface area contributed by atoms with Crippen molar-refractivity contribution in [2.24, 2.45) is 5.92 Å². The van der Waals surface area contributed by atoms with Gasteiger partial charge in [-0.2, -0.15) is 0 Å². The van der Waals surface area contributed by atoms with Crippen molar-refractivity contribution < 1.29 is 13.9 Å². The second-order valence-corrected chi connectivity index (χ2v) is 6.34. The number of urea groups is 1. The Morgan fingerprint density at radius 2 is 2.32 bits per heavy atom. The average molecular weight is 307 g/mol. The van der Waals surface area contributed by atoms with Crippen molar-refractivity contribution in [2.45, 2.75) is 25.5 Å². The molecule has 0 bridgehead atoms. The minimum Gasteiger partial charge on any atom is -0.467 e. The number of ether oxygens (including phenoxy) is 1. The third-order valence-corrected chi connectivity index (χ3v) is 4.20. The van der Waals surface area contributed by atoms with Gasteiger partial charge in [0.1, 0.15) is 5.76 Å². The van der Waals surface area contributed by atoms with E-state index >= 15 is 0 Å². The number of hydrogen-bond acceptors (Lipinski definition) is 4. The number of hydrogen-bond donors (Lipinski definition) is 1. The Labute approximate surface area is 131 Å². The second kappa shape index (κ2) is 7.15. The molecule has 2 aliphatic rings. The molecule has 1 aromatic heterocycles. The van der Waals surface area contributed by atoms with Crippen LogP contribution in [0.15, 0.2) is 22.8 Å². The first-order valence-corrected chi connectivity index (χ1v) is 8.06. The number of nitrogens with one attached hydrogen (secondary N) is 1. The smallest absolute Gasteiger partial charge is 0.317 e. The highest BCUT2D eigenvalue weighted by Gasteiger charge is 2.27. The molecule has 1 N–H and O–H groups in total. The van der Waals surface area contributed by atoms with Gasteiger partial charge < -0.3 is 24.3 Å². The third kappa shape index (κ3) is 4.48. The van der Waals surface area contributed by atoms with Crippen molar-refractivity contribution >= 4 is 6.03 Å². The van der Waals surface area contributed by atoms with E-state index in [1.54, 1.807) is 6.26 Å². The molecule has 3 rings (SSSR count). The lowest BCUT2D eigenvalue weighted by atomic mass is 10.2. The van der Waals surface area contributed by atoms with Gasteiger partial charge in [-0.1, -0.05) is 0 Å². The zero-order chi connectivity index (χ0) is 15.4. The molecule has 2 heterocycles. The van der Waals surface area contributed by atoms with E-state index < -0.39 is 0 Å². The van der Waals surface area contributed by atoms with Crippen molar-refractivity contribution in [1.29, 1.82) is 0 Å². The average Bonchev–Trinajstić information content (AvgIpc) is 3.16. The number of likely N-dealkylation sites (N-methyl/N-ethyl adjacent to an activating group) is 1. The van der Waals surface area contributed by atoms with Gasteiger partial charge >= 0.3 is 6.03 Å². The largest absolute Gasteiger partial charge is 0.467 e. The summed E-state index contributed by atoms with van der Waals surface area (Å²) >= 11 is 0. The van der Waals surface area contributed by atoms with Crippen LogP contribution in [-0.4, -0.2) is 61.8 Å². The maximum absolute atomic E-state index is 12.2. The van der Waals surface area contributed by atoms with Gasteiger partial charge in [0, 0.05) is 26.2 Å². The highest BCUT2D eigenvalue weighted by Crippen LogP contribution is 2.29. The molecule has 1 unspecified atom stereocenters. The Hall–Kier alpha value is -1.53. The van der Waals surface area contributed by atoms with Crippen LogP contribution in [0.4, 0.5) is 4.79 Å². The molecule has 1 aliphatic carbocycles. The number of morpholine rings is 1. The lowest BCUT2D eigenvalue weighted by Gasteiger charge is -2.34. The molecule has 1 saturated heterocycles. The summed E-state index contributed by atoms with van der Waals surface area (Å²) in [5, 5.41) is 2.89. The quantitative estimate of drug-likeness (QED) is 0.866. The summed E-state index contributed by atoms with van der Waals surface area (Å²) in [7, 11) is 2.14. The molecule has 6 heteroatoms. The molecule has 1 aliphatic heterocycles. The van der Waals surface area contributed by atoms with Crippen LogP contribution in [0.2, 0.25) is 0 Å². The van der Waals surface area contributed by atoms with E-state index in [0.29, 0.717) is 26.2 Å². The fourth-order valence-electron chi connectivity index (χ4n) is 2.87. The molecule has 0 spiro atoms. The number of amides is 2. The summed E-state index contributed by atoms with van der Waals surface area (Å²) in [5.74, 6) is 1.64. The molecule has 22 heavy (non-hydrogen) atoms. The minimum atomic E-state index is -0.0467. The number of rotatable bonds is 6. The third-order valence-electron chi connectivity index (χ3n) is 4.20. The maximum Gasteiger partial charge on any atom is 0.317 e. The SMILES string of the molecule is CN(CC1CC1)CC1CN(C(=O)NCc2ccco2)CCO1. The van der Waals surface area contributed by atoms with Crippen LogP contribution < -0.4 is 5.32 Å². The van der Waals surface area contributed by atoms with Gasteiger partial charge in [0.25, 0.3) is 0 Å². The first-order chi connectivity index (χ1) is 10.7. The predicted octanol–water partition coefficient (Wildman–Crippen LogP) is 1.53. The lowest BCUT2D eigenvalue weighted by Crippen LogP contribution is -2.52. The summed E-state index contributed by atoms with van der Waals surface area (Å²) < 4.78 is 11.0. The van der Waals surface area contributed by atoms with Crippen LogP contribution in [0.25, 0.3) is 0 Å². The fraction of sp³-hybridized carbons (Fsp3) is 0.688. The molecule has 2 fully saturated rings. The monoisotopic (exact) mass is 307 g/mol. The topological polar surface area (TPSA) is 58.0 Å². The Morgan fingerprint density at radius 3 is 3.05 bits per heavy atom. The molecule has 6 nitrogen and oxygen atoms in total. The Kier molecular flexibility index (Phi) is 5.00. The molecule has 122 valence electrons. The van der Waals surface area contributed by atoms with Gasteiger partial charge in [0.2, 0.25) is 0 Å². The van der Waals surface area contributed by atoms with Crippen molar-refractivity contribution in [2.75, 3.05) is 39.8 Å². The van der Waals surface area contributed by atoms with E-state index in [4.69, 9.17) is 9.15 Å². The Bertz CT molecular complexity index is 473. The number of furan rings is 1. The lowest BCUT2D eigenvalue weighted by molar-refractivity contribution is -0.0278. The summed E-state index contributed by atoms with van der Waals surface area (Å²) in [6.07, 6.45) is 4.43. The van der Waals surface area contributed by atoms with E-state index in [0.717, 1.165) is 24.8 Å². The van der Waals surface area contributed by atoms with Crippen LogP contribution in [0.5, 0.6) is 0 Å². The predicted molar refractivity (Wildman–Crippen MR) is 82.5 cm³/mol. The highest BCUT2D eigenvalue weighted by atomic mass is 16.5. The van der Waals surface area contributed by atoms with Gasteiger partial charge in [0.05, 0.1) is 25.5 Å². The molecule has 1 aromatic rings. The van der Waals surface area contributed by atoms with Gasteiger partial charge in [-0.3, -0.25) is 0 Å². The first-order valence-electron chi connectivity index (χ1n) is 8.06. The van der Waals surface area contributed by atoms with Crippen molar-refractivity contribution in [3.05, 3.63) is 24.2 Å². The van der Waals surface area contributed by atoms with Gasteiger partial charge in [-0.25, -0.2) is 4.79 Å². The molecule has 0 radical (unpaired) electrons. The zero-order valence-electron chi connectivity index (χ0n) is 13.2. The molecular formula is C16H25N3O3. The summed E-state index contributed by atoms with van der Waals surface area (Å²) in [6.45, 7) is 4.36. The van der Waals surface area contributed by atoms with E-state index in [1.807, 2.05) is 17.0 Å².